The minimum absolute atomic E-state index is 0.155. The topological polar surface area (TPSA) is 90.3 Å². The van der Waals surface area contributed by atoms with Gasteiger partial charge in [0.25, 0.3) is 0 Å². The Hall–Kier alpha value is -1.28. The van der Waals surface area contributed by atoms with Gasteiger partial charge in [-0.2, -0.15) is 0 Å². The highest BCUT2D eigenvalue weighted by molar-refractivity contribution is 7.98. The van der Waals surface area contributed by atoms with Crippen molar-refractivity contribution in [3.63, 3.8) is 0 Å². The molecule has 0 spiro atoms. The van der Waals surface area contributed by atoms with Gasteiger partial charge >= 0.3 is 0 Å². The first-order valence-corrected chi connectivity index (χ1v) is 9.21. The summed E-state index contributed by atoms with van der Waals surface area (Å²) in [5, 5.41) is 12.6. The predicted octanol–water partition coefficient (Wildman–Crippen LogP) is 1.53. The highest BCUT2D eigenvalue weighted by Gasteiger charge is 2.12. The minimum Gasteiger partial charge on any atom is -0.383 e. The third-order valence-corrected chi connectivity index (χ3v) is 3.84. The van der Waals surface area contributed by atoms with E-state index in [2.05, 4.69) is 38.9 Å². The van der Waals surface area contributed by atoms with Gasteiger partial charge in [0.05, 0.1) is 6.61 Å². The number of aromatic nitrogens is 3. The van der Waals surface area contributed by atoms with Crippen LogP contribution in [0.3, 0.4) is 0 Å². The summed E-state index contributed by atoms with van der Waals surface area (Å²) < 4.78 is 7.26. The summed E-state index contributed by atoms with van der Waals surface area (Å²) >= 11 is 1.63. The third-order valence-electron chi connectivity index (χ3n) is 3.18. The maximum atomic E-state index is 5.85. The number of ether oxygens (including phenoxy) is 1. The number of nitrogens with one attached hydrogen (secondary N) is 1. The van der Waals surface area contributed by atoms with E-state index in [0.29, 0.717) is 25.0 Å². The van der Waals surface area contributed by atoms with Crippen LogP contribution in [-0.2, 0) is 17.7 Å². The van der Waals surface area contributed by atoms with Crippen LogP contribution in [0.2, 0.25) is 0 Å². The highest BCUT2D eigenvalue weighted by Crippen LogP contribution is 2.16. The molecule has 0 aliphatic carbocycles. The van der Waals surface area contributed by atoms with E-state index in [1.54, 1.807) is 18.9 Å². The molecule has 0 amide bonds. The first-order chi connectivity index (χ1) is 11.0. The molecule has 3 N–H and O–H groups in total. The summed E-state index contributed by atoms with van der Waals surface area (Å²) in [6, 6.07) is 0.155. The number of hydrogen-bond donors (Lipinski definition) is 2. The van der Waals surface area contributed by atoms with Gasteiger partial charge in [-0.15, -0.1) is 10.2 Å². The molecule has 1 aromatic heterocycles. The van der Waals surface area contributed by atoms with Crippen LogP contribution < -0.4 is 11.1 Å². The number of nitrogens with zero attached hydrogens (tertiary/aromatic N) is 4. The van der Waals surface area contributed by atoms with E-state index >= 15 is 0 Å². The number of methoxy groups -OCH3 is 1. The van der Waals surface area contributed by atoms with Crippen molar-refractivity contribution in [3.8, 4) is 0 Å². The Balaban J connectivity index is 2.48. The quantitative estimate of drug-likeness (QED) is 0.290. The first kappa shape index (κ1) is 19.8. The molecule has 0 radical (unpaired) electrons. The average Bonchev–Trinajstić information content (AvgIpc) is 2.85. The Kier molecular flexibility index (Phi) is 9.01. The van der Waals surface area contributed by atoms with E-state index in [-0.39, 0.29) is 6.04 Å². The molecule has 1 atom stereocenters. The van der Waals surface area contributed by atoms with Crippen molar-refractivity contribution in [2.75, 3.05) is 26.5 Å². The van der Waals surface area contributed by atoms with Gasteiger partial charge in [-0.05, 0) is 25.5 Å². The van der Waals surface area contributed by atoms with Crippen molar-refractivity contribution < 1.29 is 4.74 Å². The van der Waals surface area contributed by atoms with Crippen LogP contribution in [-0.4, -0.2) is 53.3 Å². The lowest BCUT2D eigenvalue weighted by Gasteiger charge is -2.13. The fraction of sp³-hybridized carbons (Fsp3) is 0.800. The lowest BCUT2D eigenvalue weighted by Crippen LogP contribution is -2.40. The second-order valence-electron chi connectivity index (χ2n) is 5.98. The number of rotatable bonds is 10. The Labute approximate surface area is 143 Å². The zero-order chi connectivity index (χ0) is 17.2. The lowest BCUT2D eigenvalue weighted by molar-refractivity contribution is 0.179. The van der Waals surface area contributed by atoms with Crippen LogP contribution in [0.4, 0.5) is 0 Å². The lowest BCUT2D eigenvalue weighted by atomic mass is 10.2. The molecule has 1 unspecified atom stereocenters. The average molecular weight is 343 g/mol. The van der Waals surface area contributed by atoms with E-state index < -0.39 is 0 Å². The molecule has 0 bridgehead atoms. The molecule has 0 saturated heterocycles. The van der Waals surface area contributed by atoms with Gasteiger partial charge in [0, 0.05) is 32.7 Å². The van der Waals surface area contributed by atoms with E-state index in [1.165, 1.54) is 0 Å². The van der Waals surface area contributed by atoms with E-state index in [0.717, 1.165) is 30.4 Å². The van der Waals surface area contributed by atoms with Crippen LogP contribution >= 0.6 is 11.8 Å². The smallest absolute Gasteiger partial charge is 0.190 e. The molecule has 0 aromatic carbocycles. The molecule has 8 heteroatoms. The van der Waals surface area contributed by atoms with Crippen LogP contribution in [0.1, 0.15) is 33.0 Å². The Morgan fingerprint density at radius 1 is 1.39 bits per heavy atom. The van der Waals surface area contributed by atoms with Gasteiger partial charge in [0.1, 0.15) is 5.82 Å². The number of aryl methyl sites for hydroxylation is 1. The van der Waals surface area contributed by atoms with Crippen molar-refractivity contribution in [1.82, 2.24) is 20.1 Å². The van der Waals surface area contributed by atoms with Gasteiger partial charge in [0.15, 0.2) is 11.1 Å². The Bertz CT molecular complexity index is 488. The first-order valence-electron chi connectivity index (χ1n) is 7.99. The standard InChI is InChI=1S/C15H30N6OS/c1-11(2)9-21-13(19-20-15(21)23-5)7-6-8-17-14(16)18-12(3)10-22-4/h11-12H,6-10H2,1-5H3,(H3,16,17,18). The van der Waals surface area contributed by atoms with Gasteiger partial charge in [0.2, 0.25) is 0 Å². The highest BCUT2D eigenvalue weighted by atomic mass is 32.2. The monoisotopic (exact) mass is 342 g/mol. The van der Waals surface area contributed by atoms with Crippen molar-refractivity contribution in [3.05, 3.63) is 5.82 Å². The molecular formula is C15H30N6OS. The summed E-state index contributed by atoms with van der Waals surface area (Å²) in [4.78, 5) is 4.34. The number of nitrogens with two attached hydrogens (primary N) is 1. The van der Waals surface area contributed by atoms with E-state index in [1.807, 2.05) is 13.2 Å². The molecule has 1 rings (SSSR count). The zero-order valence-corrected chi connectivity index (χ0v) is 15.7. The minimum atomic E-state index is 0.155. The molecule has 0 fully saturated rings. The van der Waals surface area contributed by atoms with Crippen molar-refractivity contribution in [1.29, 1.82) is 0 Å². The maximum absolute atomic E-state index is 5.85. The van der Waals surface area contributed by atoms with Gasteiger partial charge in [-0.1, -0.05) is 25.6 Å². The second-order valence-corrected chi connectivity index (χ2v) is 6.75. The Morgan fingerprint density at radius 3 is 2.74 bits per heavy atom. The summed E-state index contributed by atoms with van der Waals surface area (Å²) in [7, 11) is 1.67. The number of thioether (sulfide) groups is 1. The van der Waals surface area contributed by atoms with Crippen LogP contribution in [0.15, 0.2) is 10.1 Å². The maximum Gasteiger partial charge on any atom is 0.190 e. The predicted molar refractivity (Wildman–Crippen MR) is 95.9 cm³/mol. The summed E-state index contributed by atoms with van der Waals surface area (Å²) in [6.45, 7) is 8.62. The fourth-order valence-corrected chi connectivity index (χ4v) is 2.75. The molecule has 0 aliphatic heterocycles. The SMILES string of the molecule is COCC(C)NC(N)=NCCCc1nnc(SC)n1CC(C)C. The normalized spacial score (nSPS) is 13.6. The zero-order valence-electron chi connectivity index (χ0n) is 14.9. The number of hydrogen-bond acceptors (Lipinski definition) is 5. The summed E-state index contributed by atoms with van der Waals surface area (Å²) in [6.07, 6.45) is 3.78. The molecule has 0 saturated carbocycles. The van der Waals surface area contributed by atoms with Gasteiger partial charge < -0.3 is 20.4 Å². The molecule has 1 aromatic rings. The van der Waals surface area contributed by atoms with Gasteiger partial charge in [-0.25, -0.2) is 0 Å². The third kappa shape index (κ3) is 7.22. The molecule has 132 valence electrons. The number of guanidine groups is 1. The van der Waals surface area contributed by atoms with E-state index in [9.17, 15) is 0 Å². The molecular weight excluding hydrogens is 312 g/mol. The Morgan fingerprint density at radius 2 is 2.13 bits per heavy atom. The van der Waals surface area contributed by atoms with Gasteiger partial charge in [-0.3, -0.25) is 4.99 Å². The molecule has 0 aliphatic rings. The number of aliphatic imine (C=N–C) groups is 1. The van der Waals surface area contributed by atoms with Crippen molar-refractivity contribution in [2.24, 2.45) is 16.6 Å². The fourth-order valence-electron chi connectivity index (χ4n) is 2.23. The summed E-state index contributed by atoms with van der Waals surface area (Å²) in [5.41, 5.74) is 5.85. The molecule has 7 nitrogen and oxygen atoms in total. The van der Waals surface area contributed by atoms with Crippen LogP contribution in [0, 0.1) is 5.92 Å². The van der Waals surface area contributed by atoms with Crippen molar-refractivity contribution in [2.45, 2.75) is 51.4 Å². The largest absolute Gasteiger partial charge is 0.383 e. The van der Waals surface area contributed by atoms with E-state index in [4.69, 9.17) is 10.5 Å². The molecule has 1 heterocycles. The second kappa shape index (κ2) is 10.5. The van der Waals surface area contributed by atoms with Crippen LogP contribution in [0.25, 0.3) is 0 Å². The molecule has 23 heavy (non-hydrogen) atoms. The summed E-state index contributed by atoms with van der Waals surface area (Å²) in [5.74, 6) is 2.05. The van der Waals surface area contributed by atoms with Crippen LogP contribution in [0.5, 0.6) is 0 Å². The van der Waals surface area contributed by atoms with Crippen molar-refractivity contribution >= 4 is 17.7 Å².